The first-order chi connectivity index (χ1) is 12.1. The van der Waals surface area contributed by atoms with Crippen LogP contribution in [-0.2, 0) is 9.59 Å². The van der Waals surface area contributed by atoms with E-state index in [4.69, 9.17) is 5.11 Å². The standard InChI is InChI=1S/C19H25FN2O3/c20-15-6-1-2-7-16(15)22-12-4-8-17(19(22)25)21-11-3-5-14(13-21)9-10-18(23)24/h1-2,6-7,14,17H,3-5,8-13H2,(H,23,24). The Balaban J connectivity index is 1.68. The fraction of sp³-hybridized carbons (Fsp3) is 0.579. The lowest BCUT2D eigenvalue weighted by molar-refractivity contribution is -0.137. The highest BCUT2D eigenvalue weighted by Crippen LogP contribution is 2.29. The molecule has 2 unspecified atom stereocenters. The number of hydrogen-bond acceptors (Lipinski definition) is 3. The van der Waals surface area contributed by atoms with Crippen LogP contribution in [-0.4, -0.2) is 47.6 Å². The lowest BCUT2D eigenvalue weighted by Gasteiger charge is -2.42. The molecule has 0 spiro atoms. The van der Waals surface area contributed by atoms with Gasteiger partial charge in [0, 0.05) is 19.5 Å². The summed E-state index contributed by atoms with van der Waals surface area (Å²) in [5.41, 5.74) is 0.358. The molecule has 2 saturated heterocycles. The fourth-order valence-electron chi connectivity index (χ4n) is 4.05. The van der Waals surface area contributed by atoms with Crippen LogP contribution in [0.4, 0.5) is 10.1 Å². The molecule has 2 atom stereocenters. The van der Waals surface area contributed by atoms with Gasteiger partial charge >= 0.3 is 5.97 Å². The number of para-hydroxylation sites is 1. The predicted molar refractivity (Wildman–Crippen MR) is 92.9 cm³/mol. The van der Waals surface area contributed by atoms with Crippen molar-refractivity contribution in [3.05, 3.63) is 30.1 Å². The molecule has 6 heteroatoms. The molecule has 0 aromatic heterocycles. The van der Waals surface area contributed by atoms with Gasteiger partial charge in [-0.15, -0.1) is 0 Å². The van der Waals surface area contributed by atoms with Crippen LogP contribution in [0.2, 0.25) is 0 Å². The largest absolute Gasteiger partial charge is 0.481 e. The molecule has 3 rings (SSSR count). The minimum atomic E-state index is -0.767. The van der Waals surface area contributed by atoms with Crippen LogP contribution < -0.4 is 4.90 Å². The second kappa shape index (κ2) is 7.95. The second-order valence-electron chi connectivity index (χ2n) is 7.03. The Morgan fingerprint density at radius 3 is 2.72 bits per heavy atom. The zero-order chi connectivity index (χ0) is 17.8. The Labute approximate surface area is 147 Å². The summed E-state index contributed by atoms with van der Waals surface area (Å²) in [4.78, 5) is 27.5. The van der Waals surface area contributed by atoms with Crippen molar-refractivity contribution in [2.45, 2.75) is 44.6 Å². The van der Waals surface area contributed by atoms with Gasteiger partial charge in [0.05, 0.1) is 11.7 Å². The number of benzene rings is 1. The number of carboxylic acid groups (broad SMARTS) is 1. The third-order valence-corrected chi connectivity index (χ3v) is 5.31. The van der Waals surface area contributed by atoms with Crippen LogP contribution in [0.1, 0.15) is 38.5 Å². The number of likely N-dealkylation sites (tertiary alicyclic amines) is 1. The molecule has 1 amide bonds. The van der Waals surface area contributed by atoms with Crippen molar-refractivity contribution in [1.29, 1.82) is 0 Å². The van der Waals surface area contributed by atoms with Crippen LogP contribution in [0.25, 0.3) is 0 Å². The topological polar surface area (TPSA) is 60.9 Å². The highest BCUT2D eigenvalue weighted by Gasteiger charge is 2.36. The summed E-state index contributed by atoms with van der Waals surface area (Å²) in [6.45, 7) is 2.16. The summed E-state index contributed by atoms with van der Waals surface area (Å²) in [6.07, 6.45) is 4.47. The quantitative estimate of drug-likeness (QED) is 0.889. The van der Waals surface area contributed by atoms with Gasteiger partial charge in [-0.3, -0.25) is 14.5 Å². The molecular formula is C19H25FN2O3. The van der Waals surface area contributed by atoms with Crippen molar-refractivity contribution in [2.24, 2.45) is 5.92 Å². The van der Waals surface area contributed by atoms with Crippen molar-refractivity contribution >= 4 is 17.6 Å². The van der Waals surface area contributed by atoms with Crippen molar-refractivity contribution < 1.29 is 19.1 Å². The highest BCUT2D eigenvalue weighted by molar-refractivity contribution is 5.98. The molecular weight excluding hydrogens is 323 g/mol. The van der Waals surface area contributed by atoms with Crippen LogP contribution in [0.5, 0.6) is 0 Å². The van der Waals surface area contributed by atoms with Crippen LogP contribution in [0.3, 0.4) is 0 Å². The van der Waals surface area contributed by atoms with Gasteiger partial charge in [-0.1, -0.05) is 12.1 Å². The number of nitrogens with zero attached hydrogens (tertiary/aromatic N) is 2. The molecule has 1 N–H and O–H groups in total. The van der Waals surface area contributed by atoms with E-state index < -0.39 is 5.97 Å². The van der Waals surface area contributed by atoms with E-state index in [1.54, 1.807) is 23.1 Å². The average molecular weight is 348 g/mol. The summed E-state index contributed by atoms with van der Waals surface area (Å²) in [5.74, 6) is -0.845. The maximum absolute atomic E-state index is 14.1. The summed E-state index contributed by atoms with van der Waals surface area (Å²) in [5, 5.41) is 8.88. The summed E-state index contributed by atoms with van der Waals surface area (Å²) >= 11 is 0. The maximum Gasteiger partial charge on any atom is 0.303 e. The lowest BCUT2D eigenvalue weighted by atomic mass is 9.91. The van der Waals surface area contributed by atoms with Gasteiger partial charge in [0.15, 0.2) is 0 Å². The summed E-state index contributed by atoms with van der Waals surface area (Å²) in [6, 6.07) is 6.19. The molecule has 2 heterocycles. The lowest BCUT2D eigenvalue weighted by Crippen LogP contribution is -2.55. The van der Waals surface area contributed by atoms with Gasteiger partial charge in [-0.25, -0.2) is 4.39 Å². The number of amides is 1. The fourth-order valence-corrected chi connectivity index (χ4v) is 4.05. The van der Waals surface area contributed by atoms with Gasteiger partial charge in [0.2, 0.25) is 5.91 Å². The molecule has 2 aliphatic heterocycles. The predicted octanol–water partition coefficient (Wildman–Crippen LogP) is 2.90. The zero-order valence-corrected chi connectivity index (χ0v) is 14.4. The Hall–Kier alpha value is -1.95. The minimum Gasteiger partial charge on any atom is -0.481 e. The van der Waals surface area contributed by atoms with Gasteiger partial charge in [-0.05, 0) is 56.7 Å². The number of halogens is 1. The minimum absolute atomic E-state index is 0.0322. The Morgan fingerprint density at radius 1 is 1.20 bits per heavy atom. The van der Waals surface area contributed by atoms with Gasteiger partial charge < -0.3 is 10.0 Å². The number of hydrogen-bond donors (Lipinski definition) is 1. The molecule has 1 aromatic rings. The molecule has 0 bridgehead atoms. The number of aliphatic carboxylic acids is 1. The summed E-state index contributed by atoms with van der Waals surface area (Å²) < 4.78 is 14.1. The molecule has 2 fully saturated rings. The number of carboxylic acids is 1. The van der Waals surface area contributed by atoms with E-state index in [1.807, 2.05) is 0 Å². The molecule has 0 aliphatic carbocycles. The maximum atomic E-state index is 14.1. The van der Waals surface area contributed by atoms with Crippen molar-refractivity contribution in [3.8, 4) is 0 Å². The number of rotatable bonds is 5. The van der Waals surface area contributed by atoms with Crippen LogP contribution in [0, 0.1) is 11.7 Å². The third kappa shape index (κ3) is 4.18. The molecule has 0 radical (unpaired) electrons. The second-order valence-corrected chi connectivity index (χ2v) is 7.03. The van der Waals surface area contributed by atoms with Crippen LogP contribution >= 0.6 is 0 Å². The first kappa shape index (κ1) is 17.9. The highest BCUT2D eigenvalue weighted by atomic mass is 19.1. The molecule has 136 valence electrons. The smallest absolute Gasteiger partial charge is 0.303 e. The number of piperidine rings is 2. The monoisotopic (exact) mass is 348 g/mol. The Kier molecular flexibility index (Phi) is 5.68. The molecule has 2 aliphatic rings. The van der Waals surface area contributed by atoms with E-state index in [0.29, 0.717) is 24.6 Å². The zero-order valence-electron chi connectivity index (χ0n) is 14.4. The van der Waals surface area contributed by atoms with Gasteiger partial charge in [0.1, 0.15) is 5.82 Å². The normalized spacial score (nSPS) is 25.2. The van der Waals surface area contributed by atoms with Crippen LogP contribution in [0.15, 0.2) is 24.3 Å². The average Bonchev–Trinajstić information content (AvgIpc) is 2.61. The Morgan fingerprint density at radius 2 is 1.96 bits per heavy atom. The molecule has 5 nitrogen and oxygen atoms in total. The van der Waals surface area contributed by atoms with E-state index in [0.717, 1.165) is 38.8 Å². The van der Waals surface area contributed by atoms with E-state index in [2.05, 4.69) is 4.90 Å². The Bertz CT molecular complexity index is 637. The molecule has 1 aromatic carbocycles. The number of carbonyl (C=O) groups excluding carboxylic acids is 1. The van der Waals surface area contributed by atoms with Crippen molar-refractivity contribution in [2.75, 3.05) is 24.5 Å². The van der Waals surface area contributed by atoms with Crippen molar-refractivity contribution in [3.63, 3.8) is 0 Å². The first-order valence-electron chi connectivity index (χ1n) is 9.08. The third-order valence-electron chi connectivity index (χ3n) is 5.31. The first-order valence-corrected chi connectivity index (χ1v) is 9.08. The van der Waals surface area contributed by atoms with E-state index >= 15 is 0 Å². The number of carbonyl (C=O) groups is 2. The van der Waals surface area contributed by atoms with Crippen molar-refractivity contribution in [1.82, 2.24) is 4.90 Å². The SMILES string of the molecule is O=C(O)CCC1CCCN(C2CCCN(c3ccccc3F)C2=O)C1. The van der Waals surface area contributed by atoms with E-state index in [-0.39, 0.29) is 24.2 Å². The molecule has 25 heavy (non-hydrogen) atoms. The van der Waals surface area contributed by atoms with E-state index in [1.165, 1.54) is 6.07 Å². The summed E-state index contributed by atoms with van der Waals surface area (Å²) in [7, 11) is 0. The number of anilines is 1. The molecule has 0 saturated carbocycles. The van der Waals surface area contributed by atoms with Gasteiger partial charge in [-0.2, -0.15) is 0 Å². The van der Waals surface area contributed by atoms with E-state index in [9.17, 15) is 14.0 Å². The van der Waals surface area contributed by atoms with Gasteiger partial charge in [0.25, 0.3) is 0 Å².